The summed E-state index contributed by atoms with van der Waals surface area (Å²) in [6.07, 6.45) is 1.74. The van der Waals surface area contributed by atoms with E-state index in [1.165, 1.54) is 0 Å². The van der Waals surface area contributed by atoms with Gasteiger partial charge in [0.15, 0.2) is 0 Å². The van der Waals surface area contributed by atoms with Gasteiger partial charge in [-0.15, -0.1) is 0 Å². The number of halogens is 3. The molecule has 2 amide bonds. The second-order valence-electron chi connectivity index (χ2n) is 4.69. The van der Waals surface area contributed by atoms with Gasteiger partial charge in [-0.25, -0.2) is 13.2 Å². The quantitative estimate of drug-likeness (QED) is 0.817. The smallest absolute Gasteiger partial charge is 0.257 e. The van der Waals surface area contributed by atoms with Gasteiger partial charge in [0, 0.05) is 12.1 Å². The second-order valence-corrected chi connectivity index (χ2v) is 4.69. The molecule has 1 rings (SSSR count). The van der Waals surface area contributed by atoms with E-state index in [1.807, 2.05) is 0 Å². The predicted octanol–water partition coefficient (Wildman–Crippen LogP) is 2.04. The molecule has 0 bridgehead atoms. The van der Waals surface area contributed by atoms with E-state index >= 15 is 0 Å². The Morgan fingerprint density at radius 3 is 2.19 bits per heavy atom. The summed E-state index contributed by atoms with van der Waals surface area (Å²) in [6.45, 7) is 3.55. The number of rotatable bonds is 5. The minimum absolute atomic E-state index is 0.0911. The summed E-state index contributed by atoms with van der Waals surface area (Å²) in [7, 11) is 0. The van der Waals surface area contributed by atoms with Gasteiger partial charge in [-0.05, 0) is 20.3 Å². The largest absolute Gasteiger partial charge is 0.368 e. The fourth-order valence-corrected chi connectivity index (χ4v) is 1.59. The van der Waals surface area contributed by atoms with Crippen LogP contribution in [0.3, 0.4) is 0 Å². The fraction of sp³-hybridized carbons (Fsp3) is 0.286. The van der Waals surface area contributed by atoms with Crippen LogP contribution in [0.2, 0.25) is 0 Å². The van der Waals surface area contributed by atoms with Crippen LogP contribution >= 0.6 is 0 Å². The molecule has 0 radical (unpaired) electrons. The maximum atomic E-state index is 13.5. The van der Waals surface area contributed by atoms with Crippen LogP contribution in [0, 0.1) is 17.5 Å². The number of carbonyl (C=O) groups is 2. The minimum atomic E-state index is -1.35. The van der Waals surface area contributed by atoms with Crippen LogP contribution in [0.1, 0.15) is 30.6 Å². The SMILES string of the molecule is CC(C)=CC[C@@H](NC(=O)c1c(F)cc(F)cc1F)C(N)=O. The highest BCUT2D eigenvalue weighted by Crippen LogP contribution is 2.15. The van der Waals surface area contributed by atoms with E-state index in [0.29, 0.717) is 12.1 Å². The molecular weight excluding hydrogens is 285 g/mol. The Bertz CT molecular complexity index is 573. The zero-order valence-corrected chi connectivity index (χ0v) is 11.5. The Morgan fingerprint density at radius 2 is 1.76 bits per heavy atom. The Balaban J connectivity index is 2.98. The fourth-order valence-electron chi connectivity index (χ4n) is 1.59. The van der Waals surface area contributed by atoms with E-state index in [-0.39, 0.29) is 6.42 Å². The van der Waals surface area contributed by atoms with E-state index in [2.05, 4.69) is 5.32 Å². The number of carbonyl (C=O) groups excluding carboxylic acids is 2. The molecule has 7 heteroatoms. The number of primary amides is 1. The van der Waals surface area contributed by atoms with Crippen LogP contribution in [-0.2, 0) is 4.79 Å². The van der Waals surface area contributed by atoms with E-state index in [1.54, 1.807) is 19.9 Å². The molecule has 3 N–H and O–H groups in total. The van der Waals surface area contributed by atoms with Crippen molar-refractivity contribution in [2.24, 2.45) is 5.73 Å². The van der Waals surface area contributed by atoms with Crippen molar-refractivity contribution in [2.45, 2.75) is 26.3 Å². The Hall–Kier alpha value is -2.31. The highest BCUT2D eigenvalue weighted by Gasteiger charge is 2.23. The molecule has 0 saturated heterocycles. The summed E-state index contributed by atoms with van der Waals surface area (Å²) in [4.78, 5) is 23.0. The van der Waals surface area contributed by atoms with Gasteiger partial charge in [-0.1, -0.05) is 11.6 Å². The average molecular weight is 300 g/mol. The van der Waals surface area contributed by atoms with E-state index in [4.69, 9.17) is 5.73 Å². The van der Waals surface area contributed by atoms with Gasteiger partial charge in [-0.2, -0.15) is 0 Å². The third-order valence-electron chi connectivity index (χ3n) is 2.64. The average Bonchev–Trinajstić information content (AvgIpc) is 2.32. The highest BCUT2D eigenvalue weighted by atomic mass is 19.1. The van der Waals surface area contributed by atoms with Crippen LogP contribution in [0.25, 0.3) is 0 Å². The molecule has 0 spiro atoms. The molecule has 1 atom stereocenters. The zero-order chi connectivity index (χ0) is 16.2. The lowest BCUT2D eigenvalue weighted by atomic mass is 10.1. The first-order valence-corrected chi connectivity index (χ1v) is 6.10. The van der Waals surface area contributed by atoms with Gasteiger partial charge in [0.05, 0.1) is 0 Å². The van der Waals surface area contributed by atoms with Gasteiger partial charge >= 0.3 is 0 Å². The molecular formula is C14H15F3N2O2. The van der Waals surface area contributed by atoms with Gasteiger partial charge in [0.2, 0.25) is 5.91 Å². The summed E-state index contributed by atoms with van der Waals surface area (Å²) >= 11 is 0. The molecule has 0 heterocycles. The molecule has 0 aliphatic carbocycles. The van der Waals surface area contributed by atoms with Crippen molar-refractivity contribution in [3.8, 4) is 0 Å². The topological polar surface area (TPSA) is 72.2 Å². The first-order chi connectivity index (χ1) is 9.72. The lowest BCUT2D eigenvalue weighted by molar-refractivity contribution is -0.119. The van der Waals surface area contributed by atoms with Crippen molar-refractivity contribution in [3.63, 3.8) is 0 Å². The monoisotopic (exact) mass is 300 g/mol. The van der Waals surface area contributed by atoms with Crippen molar-refractivity contribution in [2.75, 3.05) is 0 Å². The molecule has 114 valence electrons. The normalized spacial score (nSPS) is 11.7. The van der Waals surface area contributed by atoms with Gasteiger partial charge < -0.3 is 11.1 Å². The van der Waals surface area contributed by atoms with Crippen molar-refractivity contribution in [1.82, 2.24) is 5.32 Å². The molecule has 1 aromatic carbocycles. The van der Waals surface area contributed by atoms with E-state index in [9.17, 15) is 22.8 Å². The van der Waals surface area contributed by atoms with E-state index < -0.39 is 40.9 Å². The molecule has 0 unspecified atom stereocenters. The number of benzene rings is 1. The second kappa shape index (κ2) is 6.92. The summed E-state index contributed by atoms with van der Waals surface area (Å²) in [5.41, 5.74) is 5.04. The number of amides is 2. The highest BCUT2D eigenvalue weighted by molar-refractivity contribution is 5.97. The molecule has 4 nitrogen and oxygen atoms in total. The maximum absolute atomic E-state index is 13.5. The summed E-state index contributed by atoms with van der Waals surface area (Å²) in [6, 6.07) is -0.350. The van der Waals surface area contributed by atoms with Crippen LogP contribution < -0.4 is 11.1 Å². The molecule has 0 aromatic heterocycles. The summed E-state index contributed by atoms with van der Waals surface area (Å²) in [5.74, 6) is -5.86. The molecule has 0 aliphatic rings. The standard InChI is InChI=1S/C14H15F3N2O2/c1-7(2)3-4-11(13(18)20)19-14(21)12-9(16)5-8(15)6-10(12)17/h3,5-6,11H,4H2,1-2H3,(H2,18,20)(H,19,21)/t11-/m1/s1. The van der Waals surface area contributed by atoms with Crippen LogP contribution in [-0.4, -0.2) is 17.9 Å². The lowest BCUT2D eigenvalue weighted by Gasteiger charge is -2.14. The molecule has 0 fully saturated rings. The lowest BCUT2D eigenvalue weighted by Crippen LogP contribution is -2.44. The van der Waals surface area contributed by atoms with Crippen molar-refractivity contribution < 1.29 is 22.8 Å². The maximum Gasteiger partial charge on any atom is 0.257 e. The van der Waals surface area contributed by atoms with Crippen LogP contribution in [0.4, 0.5) is 13.2 Å². The Labute approximate surface area is 119 Å². The molecule has 21 heavy (non-hydrogen) atoms. The molecule has 0 saturated carbocycles. The number of nitrogens with one attached hydrogen (secondary N) is 1. The van der Waals surface area contributed by atoms with Crippen molar-refractivity contribution in [3.05, 3.63) is 46.8 Å². The predicted molar refractivity (Wildman–Crippen MR) is 70.8 cm³/mol. The van der Waals surface area contributed by atoms with Gasteiger partial charge in [0.25, 0.3) is 5.91 Å². The summed E-state index contributed by atoms with van der Waals surface area (Å²) < 4.78 is 39.7. The van der Waals surface area contributed by atoms with Gasteiger partial charge in [-0.3, -0.25) is 9.59 Å². The first-order valence-electron chi connectivity index (χ1n) is 6.10. The Kier molecular flexibility index (Phi) is 5.52. The number of nitrogens with two attached hydrogens (primary N) is 1. The van der Waals surface area contributed by atoms with Gasteiger partial charge in [0.1, 0.15) is 29.1 Å². The third kappa shape index (κ3) is 4.62. The van der Waals surface area contributed by atoms with E-state index in [0.717, 1.165) is 5.57 Å². The van der Waals surface area contributed by atoms with Crippen molar-refractivity contribution in [1.29, 1.82) is 0 Å². The van der Waals surface area contributed by atoms with Crippen LogP contribution in [0.5, 0.6) is 0 Å². The Morgan fingerprint density at radius 1 is 1.24 bits per heavy atom. The summed E-state index contributed by atoms with van der Waals surface area (Å²) in [5, 5.41) is 2.13. The zero-order valence-electron chi connectivity index (χ0n) is 11.5. The number of allylic oxidation sites excluding steroid dienone is 1. The van der Waals surface area contributed by atoms with Crippen LogP contribution in [0.15, 0.2) is 23.8 Å². The third-order valence-corrected chi connectivity index (χ3v) is 2.64. The molecule has 0 aliphatic heterocycles. The minimum Gasteiger partial charge on any atom is -0.368 e. The number of hydrogen-bond donors (Lipinski definition) is 2. The number of hydrogen-bond acceptors (Lipinski definition) is 2. The first kappa shape index (κ1) is 16.7. The van der Waals surface area contributed by atoms with Crippen molar-refractivity contribution >= 4 is 11.8 Å². The molecule has 1 aromatic rings.